The van der Waals surface area contributed by atoms with Gasteiger partial charge in [0.1, 0.15) is 0 Å². The quantitative estimate of drug-likeness (QED) is 0.753. The molecule has 2 aromatic carbocycles. The van der Waals surface area contributed by atoms with Gasteiger partial charge in [-0.3, -0.25) is 9.78 Å². The minimum Gasteiger partial charge on any atom is -0.366 e. The number of nitrogens with two attached hydrogens (primary N) is 1. The average molecular weight is 337 g/mol. The first kappa shape index (κ1) is 16.2. The SMILES string of the molecule is CC(c1ccncc1)c1c(C(N)=O)cccc1-c1ccc(Cl)cc1. The molecule has 1 amide bonds. The molecule has 1 heterocycles. The summed E-state index contributed by atoms with van der Waals surface area (Å²) in [5.74, 6) is -0.427. The van der Waals surface area contributed by atoms with Crippen LogP contribution in [0.15, 0.2) is 67.0 Å². The van der Waals surface area contributed by atoms with Crippen molar-refractivity contribution in [2.24, 2.45) is 5.73 Å². The van der Waals surface area contributed by atoms with Gasteiger partial charge in [-0.2, -0.15) is 0 Å². The molecule has 1 unspecified atom stereocenters. The van der Waals surface area contributed by atoms with Crippen molar-refractivity contribution in [3.63, 3.8) is 0 Å². The van der Waals surface area contributed by atoms with E-state index < -0.39 is 5.91 Å². The molecule has 0 saturated heterocycles. The minimum absolute atomic E-state index is 0.00220. The molecular weight excluding hydrogens is 320 g/mol. The highest BCUT2D eigenvalue weighted by Crippen LogP contribution is 2.35. The van der Waals surface area contributed by atoms with Crippen molar-refractivity contribution >= 4 is 17.5 Å². The number of carbonyl (C=O) groups excluding carboxylic acids is 1. The number of primary amides is 1. The van der Waals surface area contributed by atoms with Gasteiger partial charge in [-0.15, -0.1) is 0 Å². The maximum Gasteiger partial charge on any atom is 0.249 e. The highest BCUT2D eigenvalue weighted by atomic mass is 35.5. The second-order valence-electron chi connectivity index (χ2n) is 5.64. The van der Waals surface area contributed by atoms with Crippen LogP contribution in [0.25, 0.3) is 11.1 Å². The Morgan fingerprint density at radius 3 is 2.33 bits per heavy atom. The van der Waals surface area contributed by atoms with Crippen molar-refractivity contribution in [3.8, 4) is 11.1 Å². The van der Waals surface area contributed by atoms with Crippen LogP contribution in [0.5, 0.6) is 0 Å². The van der Waals surface area contributed by atoms with Crippen molar-refractivity contribution in [1.29, 1.82) is 0 Å². The van der Waals surface area contributed by atoms with Gasteiger partial charge < -0.3 is 5.73 Å². The standard InChI is InChI=1S/C20H17ClN2O/c1-13(14-9-11-23-12-10-14)19-17(3-2-4-18(19)20(22)24)15-5-7-16(21)8-6-15/h2-13H,1H3,(H2,22,24). The van der Waals surface area contributed by atoms with Crippen molar-refractivity contribution < 1.29 is 4.79 Å². The predicted molar refractivity (Wildman–Crippen MR) is 97.2 cm³/mol. The van der Waals surface area contributed by atoms with Gasteiger partial charge in [0, 0.05) is 28.9 Å². The monoisotopic (exact) mass is 336 g/mol. The molecule has 0 saturated carbocycles. The van der Waals surface area contributed by atoms with Crippen LogP contribution in [0.2, 0.25) is 5.02 Å². The van der Waals surface area contributed by atoms with Gasteiger partial charge in [0.15, 0.2) is 0 Å². The smallest absolute Gasteiger partial charge is 0.249 e. The van der Waals surface area contributed by atoms with E-state index >= 15 is 0 Å². The molecule has 1 aromatic heterocycles. The number of amides is 1. The summed E-state index contributed by atoms with van der Waals surface area (Å²) >= 11 is 6.00. The summed E-state index contributed by atoms with van der Waals surface area (Å²) in [7, 11) is 0. The van der Waals surface area contributed by atoms with Crippen LogP contribution < -0.4 is 5.73 Å². The fraction of sp³-hybridized carbons (Fsp3) is 0.100. The van der Waals surface area contributed by atoms with Gasteiger partial charge in [0.25, 0.3) is 0 Å². The number of pyridine rings is 1. The lowest BCUT2D eigenvalue weighted by molar-refractivity contribution is 0.0999. The molecule has 0 aliphatic heterocycles. The van der Waals surface area contributed by atoms with E-state index in [1.165, 1.54) is 0 Å². The molecule has 2 N–H and O–H groups in total. The lowest BCUT2D eigenvalue weighted by Gasteiger charge is -2.20. The van der Waals surface area contributed by atoms with Gasteiger partial charge in [0.05, 0.1) is 0 Å². The fourth-order valence-electron chi connectivity index (χ4n) is 2.95. The van der Waals surface area contributed by atoms with E-state index in [0.717, 1.165) is 22.3 Å². The van der Waals surface area contributed by atoms with E-state index in [1.807, 2.05) is 48.5 Å². The lowest BCUT2D eigenvalue weighted by atomic mass is 9.84. The second-order valence-corrected chi connectivity index (χ2v) is 6.08. The summed E-state index contributed by atoms with van der Waals surface area (Å²) in [6.07, 6.45) is 3.50. The number of hydrogen-bond donors (Lipinski definition) is 1. The second kappa shape index (κ2) is 6.85. The van der Waals surface area contributed by atoms with Crippen molar-refractivity contribution in [3.05, 3.63) is 88.7 Å². The summed E-state index contributed by atoms with van der Waals surface area (Å²) in [5, 5.41) is 0.675. The number of hydrogen-bond acceptors (Lipinski definition) is 2. The topological polar surface area (TPSA) is 56.0 Å². The highest BCUT2D eigenvalue weighted by Gasteiger charge is 2.20. The van der Waals surface area contributed by atoms with Crippen LogP contribution >= 0.6 is 11.6 Å². The third-order valence-electron chi connectivity index (χ3n) is 4.17. The molecule has 0 spiro atoms. The number of aromatic nitrogens is 1. The third-order valence-corrected chi connectivity index (χ3v) is 4.42. The molecule has 0 bridgehead atoms. The number of nitrogens with zero attached hydrogens (tertiary/aromatic N) is 1. The minimum atomic E-state index is -0.429. The summed E-state index contributed by atoms with van der Waals surface area (Å²) < 4.78 is 0. The molecule has 0 radical (unpaired) electrons. The zero-order chi connectivity index (χ0) is 17.1. The molecule has 24 heavy (non-hydrogen) atoms. The van der Waals surface area contributed by atoms with Crippen LogP contribution in [0.3, 0.4) is 0 Å². The van der Waals surface area contributed by atoms with E-state index in [0.29, 0.717) is 10.6 Å². The van der Waals surface area contributed by atoms with Gasteiger partial charge in [-0.25, -0.2) is 0 Å². The Hall–Kier alpha value is -2.65. The molecule has 3 aromatic rings. The van der Waals surface area contributed by atoms with Crippen LogP contribution in [-0.2, 0) is 0 Å². The van der Waals surface area contributed by atoms with Crippen LogP contribution in [0.4, 0.5) is 0 Å². The first-order chi connectivity index (χ1) is 11.6. The Kier molecular flexibility index (Phi) is 4.63. The van der Waals surface area contributed by atoms with Crippen LogP contribution in [0.1, 0.15) is 34.3 Å². The number of carbonyl (C=O) groups is 1. The van der Waals surface area contributed by atoms with E-state index in [9.17, 15) is 4.79 Å². The van der Waals surface area contributed by atoms with E-state index in [1.54, 1.807) is 18.5 Å². The Bertz CT molecular complexity index is 861. The van der Waals surface area contributed by atoms with E-state index in [-0.39, 0.29) is 5.92 Å². The molecular formula is C20H17ClN2O. The van der Waals surface area contributed by atoms with Gasteiger partial charge in [-0.05, 0) is 52.6 Å². The first-order valence-corrected chi connectivity index (χ1v) is 8.04. The fourth-order valence-corrected chi connectivity index (χ4v) is 3.07. The third kappa shape index (κ3) is 3.17. The average Bonchev–Trinajstić information content (AvgIpc) is 2.62. The van der Waals surface area contributed by atoms with E-state index in [2.05, 4.69) is 11.9 Å². The largest absolute Gasteiger partial charge is 0.366 e. The molecule has 0 aliphatic rings. The van der Waals surface area contributed by atoms with Crippen molar-refractivity contribution in [2.75, 3.05) is 0 Å². The molecule has 0 aliphatic carbocycles. The number of rotatable bonds is 4. The number of benzene rings is 2. The van der Waals surface area contributed by atoms with Crippen LogP contribution in [-0.4, -0.2) is 10.9 Å². The van der Waals surface area contributed by atoms with Gasteiger partial charge >= 0.3 is 0 Å². The Labute approximate surface area is 146 Å². The zero-order valence-corrected chi connectivity index (χ0v) is 14.0. The van der Waals surface area contributed by atoms with Gasteiger partial charge in [0.2, 0.25) is 5.91 Å². The molecule has 120 valence electrons. The molecule has 4 heteroatoms. The first-order valence-electron chi connectivity index (χ1n) is 7.66. The maximum atomic E-state index is 12.0. The Balaban J connectivity index is 2.21. The summed E-state index contributed by atoms with van der Waals surface area (Å²) in [5.41, 5.74) is 10.1. The normalized spacial score (nSPS) is 11.9. The van der Waals surface area contributed by atoms with Crippen molar-refractivity contribution in [2.45, 2.75) is 12.8 Å². The molecule has 1 atom stereocenters. The van der Waals surface area contributed by atoms with Crippen molar-refractivity contribution in [1.82, 2.24) is 4.98 Å². The number of halogens is 1. The summed E-state index contributed by atoms with van der Waals surface area (Å²) in [6, 6.07) is 17.1. The zero-order valence-electron chi connectivity index (χ0n) is 13.2. The summed E-state index contributed by atoms with van der Waals surface area (Å²) in [4.78, 5) is 16.0. The Morgan fingerprint density at radius 2 is 1.71 bits per heavy atom. The lowest BCUT2D eigenvalue weighted by Crippen LogP contribution is -2.16. The summed E-state index contributed by atoms with van der Waals surface area (Å²) in [6.45, 7) is 2.07. The predicted octanol–water partition coefficient (Wildman–Crippen LogP) is 4.65. The molecule has 3 rings (SSSR count). The molecule has 0 fully saturated rings. The molecule has 3 nitrogen and oxygen atoms in total. The van der Waals surface area contributed by atoms with Gasteiger partial charge in [-0.1, -0.05) is 42.8 Å². The van der Waals surface area contributed by atoms with Crippen LogP contribution in [0, 0.1) is 0 Å². The highest BCUT2D eigenvalue weighted by molar-refractivity contribution is 6.30. The maximum absolute atomic E-state index is 12.0. The Morgan fingerprint density at radius 1 is 1.04 bits per heavy atom. The van der Waals surface area contributed by atoms with E-state index in [4.69, 9.17) is 17.3 Å².